The fourth-order valence-corrected chi connectivity index (χ4v) is 3.01. The molecule has 2 N–H and O–H groups in total. The molecule has 0 saturated carbocycles. The van der Waals surface area contributed by atoms with Gasteiger partial charge in [0, 0.05) is 10.7 Å². The molecule has 0 atom stereocenters. The van der Waals surface area contributed by atoms with Gasteiger partial charge in [-0.3, -0.25) is 9.63 Å². The van der Waals surface area contributed by atoms with E-state index in [1.807, 2.05) is 0 Å². The predicted octanol–water partition coefficient (Wildman–Crippen LogP) is 4.93. The largest absolute Gasteiger partial charge is 0.382 e. The summed E-state index contributed by atoms with van der Waals surface area (Å²) in [5.41, 5.74) is 1.75. The highest BCUT2D eigenvalue weighted by Crippen LogP contribution is 2.33. The summed E-state index contributed by atoms with van der Waals surface area (Å²) >= 11 is 13.8. The monoisotopic (exact) mass is 516 g/mol. The number of anilines is 2. The molecule has 26 heavy (non-hydrogen) atoms. The average Bonchev–Trinajstić information content (AvgIpc) is 2.60. The van der Waals surface area contributed by atoms with Gasteiger partial charge < -0.3 is 10.1 Å². The first-order valence-corrected chi connectivity index (χ1v) is 8.99. The van der Waals surface area contributed by atoms with Crippen LogP contribution in [-0.4, -0.2) is 26.2 Å². The SMILES string of the molecule is COCCONC(=O)c1cc(Cl)c(F)c(F)c1Nc1ccc(I)cc1Cl. The van der Waals surface area contributed by atoms with Gasteiger partial charge in [-0.15, -0.1) is 0 Å². The van der Waals surface area contributed by atoms with Gasteiger partial charge in [0.15, 0.2) is 11.6 Å². The number of amides is 1. The van der Waals surface area contributed by atoms with E-state index in [9.17, 15) is 13.6 Å². The molecule has 0 aliphatic heterocycles. The summed E-state index contributed by atoms with van der Waals surface area (Å²) < 4.78 is 33.9. The van der Waals surface area contributed by atoms with Crippen molar-refractivity contribution in [3.63, 3.8) is 0 Å². The van der Waals surface area contributed by atoms with Gasteiger partial charge in [0.1, 0.15) is 0 Å². The second-order valence-electron chi connectivity index (χ2n) is 4.93. The number of rotatable bonds is 7. The van der Waals surface area contributed by atoms with E-state index in [1.54, 1.807) is 18.2 Å². The molecule has 0 radical (unpaired) electrons. The van der Waals surface area contributed by atoms with Crippen LogP contribution in [0, 0.1) is 15.2 Å². The van der Waals surface area contributed by atoms with Crippen molar-refractivity contribution < 1.29 is 23.1 Å². The Morgan fingerprint density at radius 3 is 2.54 bits per heavy atom. The smallest absolute Gasteiger partial charge is 0.277 e. The number of hydrogen-bond donors (Lipinski definition) is 2. The van der Waals surface area contributed by atoms with Crippen LogP contribution in [0.2, 0.25) is 10.0 Å². The van der Waals surface area contributed by atoms with Crippen molar-refractivity contribution in [3.05, 3.63) is 55.1 Å². The second-order valence-corrected chi connectivity index (χ2v) is 6.99. The van der Waals surface area contributed by atoms with Crippen LogP contribution in [0.4, 0.5) is 20.2 Å². The number of benzene rings is 2. The lowest BCUT2D eigenvalue weighted by molar-refractivity contribution is 0.00892. The van der Waals surface area contributed by atoms with Gasteiger partial charge in [0.05, 0.1) is 40.2 Å². The fraction of sp³-hybridized carbons (Fsp3) is 0.188. The van der Waals surface area contributed by atoms with Crippen molar-refractivity contribution in [2.75, 3.05) is 25.6 Å². The van der Waals surface area contributed by atoms with E-state index in [0.717, 1.165) is 9.64 Å². The van der Waals surface area contributed by atoms with Crippen molar-refractivity contribution in [2.45, 2.75) is 0 Å². The first-order valence-electron chi connectivity index (χ1n) is 7.15. The number of halogens is 5. The maximum absolute atomic E-state index is 14.4. The van der Waals surface area contributed by atoms with Gasteiger partial charge in [-0.1, -0.05) is 23.2 Å². The number of ether oxygens (including phenoxy) is 1. The Morgan fingerprint density at radius 2 is 1.88 bits per heavy atom. The van der Waals surface area contributed by atoms with E-state index in [0.29, 0.717) is 5.69 Å². The van der Waals surface area contributed by atoms with E-state index in [4.69, 9.17) is 32.8 Å². The van der Waals surface area contributed by atoms with Crippen molar-refractivity contribution in [1.82, 2.24) is 5.48 Å². The lowest BCUT2D eigenvalue weighted by Crippen LogP contribution is -2.26. The molecule has 0 saturated heterocycles. The van der Waals surface area contributed by atoms with Crippen molar-refractivity contribution in [3.8, 4) is 0 Å². The highest BCUT2D eigenvalue weighted by molar-refractivity contribution is 14.1. The molecule has 0 unspecified atom stereocenters. The Morgan fingerprint density at radius 1 is 1.15 bits per heavy atom. The topological polar surface area (TPSA) is 59.6 Å². The van der Waals surface area contributed by atoms with Crippen LogP contribution < -0.4 is 10.8 Å². The highest BCUT2D eigenvalue weighted by Gasteiger charge is 2.23. The van der Waals surface area contributed by atoms with Gasteiger partial charge >= 0.3 is 0 Å². The minimum Gasteiger partial charge on any atom is -0.382 e. The van der Waals surface area contributed by atoms with Crippen molar-refractivity contribution in [2.24, 2.45) is 0 Å². The number of carbonyl (C=O) groups is 1. The third kappa shape index (κ3) is 5.17. The normalized spacial score (nSPS) is 10.7. The Bertz CT molecular complexity index is 825. The molecule has 0 aliphatic rings. The second kappa shape index (κ2) is 9.65. The molecular weight excluding hydrogens is 504 g/mol. The number of carbonyl (C=O) groups excluding carboxylic acids is 1. The minimum absolute atomic E-state index is 0.0748. The third-order valence-corrected chi connectivity index (χ3v) is 4.41. The average molecular weight is 517 g/mol. The third-order valence-electron chi connectivity index (χ3n) is 3.15. The number of hydrogen-bond acceptors (Lipinski definition) is 4. The number of hydroxylamine groups is 1. The quantitative estimate of drug-likeness (QED) is 0.237. The van der Waals surface area contributed by atoms with Crippen LogP contribution in [0.15, 0.2) is 24.3 Å². The van der Waals surface area contributed by atoms with Crippen molar-refractivity contribution in [1.29, 1.82) is 0 Å². The molecule has 2 aromatic rings. The molecular formula is C16H13Cl2F2IN2O3. The fourth-order valence-electron chi connectivity index (χ4n) is 1.92. The first-order chi connectivity index (χ1) is 12.3. The van der Waals surface area contributed by atoms with Gasteiger partial charge in [0.2, 0.25) is 0 Å². The van der Waals surface area contributed by atoms with Gasteiger partial charge in [0.25, 0.3) is 5.91 Å². The number of methoxy groups -OCH3 is 1. The summed E-state index contributed by atoms with van der Waals surface area (Å²) in [4.78, 5) is 17.2. The minimum atomic E-state index is -1.31. The zero-order chi connectivity index (χ0) is 19.3. The summed E-state index contributed by atoms with van der Waals surface area (Å²) in [6.07, 6.45) is 0. The lowest BCUT2D eigenvalue weighted by atomic mass is 10.1. The van der Waals surface area contributed by atoms with Crippen LogP contribution >= 0.6 is 45.8 Å². The van der Waals surface area contributed by atoms with Gasteiger partial charge in [-0.2, -0.15) is 0 Å². The van der Waals surface area contributed by atoms with E-state index in [2.05, 4.69) is 33.4 Å². The zero-order valence-corrected chi connectivity index (χ0v) is 17.0. The molecule has 5 nitrogen and oxygen atoms in total. The van der Waals surface area contributed by atoms with E-state index in [-0.39, 0.29) is 23.8 Å². The van der Waals surface area contributed by atoms with Crippen LogP contribution in [-0.2, 0) is 9.57 Å². The summed E-state index contributed by atoms with van der Waals surface area (Å²) in [6.45, 7) is 0.313. The molecule has 1 amide bonds. The van der Waals surface area contributed by atoms with Gasteiger partial charge in [-0.25, -0.2) is 14.3 Å². The van der Waals surface area contributed by atoms with Crippen LogP contribution in [0.5, 0.6) is 0 Å². The summed E-state index contributed by atoms with van der Waals surface area (Å²) in [5, 5.41) is 2.37. The highest BCUT2D eigenvalue weighted by atomic mass is 127. The first kappa shape index (κ1) is 21.1. The molecule has 0 heterocycles. The Kier molecular flexibility index (Phi) is 7.84. The number of nitrogens with one attached hydrogen (secondary N) is 2. The Balaban J connectivity index is 2.36. The molecule has 10 heteroatoms. The Labute approximate surface area is 172 Å². The molecule has 0 aromatic heterocycles. The molecule has 0 bridgehead atoms. The summed E-state index contributed by atoms with van der Waals surface area (Å²) in [5.74, 6) is -3.41. The van der Waals surface area contributed by atoms with Crippen LogP contribution in [0.25, 0.3) is 0 Å². The predicted molar refractivity (Wildman–Crippen MR) is 104 cm³/mol. The molecule has 0 aliphatic carbocycles. The molecule has 0 fully saturated rings. The lowest BCUT2D eigenvalue weighted by Gasteiger charge is -2.15. The van der Waals surface area contributed by atoms with E-state index in [1.165, 1.54) is 7.11 Å². The van der Waals surface area contributed by atoms with Crippen LogP contribution in [0.3, 0.4) is 0 Å². The standard InChI is InChI=1S/C16H13Cl2F2IN2O3/c1-25-4-5-26-23-16(24)9-7-11(18)13(19)14(20)15(9)22-12-3-2-8(21)6-10(12)17/h2-3,6-7,22H,4-5H2,1H3,(H,23,24). The van der Waals surface area contributed by atoms with Crippen LogP contribution in [0.1, 0.15) is 10.4 Å². The van der Waals surface area contributed by atoms with E-state index < -0.39 is 28.3 Å². The van der Waals surface area contributed by atoms with E-state index >= 15 is 0 Å². The molecule has 0 spiro atoms. The molecule has 2 rings (SSSR count). The molecule has 2 aromatic carbocycles. The maximum atomic E-state index is 14.4. The van der Waals surface area contributed by atoms with Gasteiger partial charge in [-0.05, 0) is 46.9 Å². The summed E-state index contributed by atoms with van der Waals surface area (Å²) in [6, 6.07) is 5.92. The Hall–Kier alpha value is -1.20. The van der Waals surface area contributed by atoms with Crippen molar-refractivity contribution >= 4 is 63.1 Å². The zero-order valence-electron chi connectivity index (χ0n) is 13.3. The summed E-state index contributed by atoms with van der Waals surface area (Å²) in [7, 11) is 1.47. The maximum Gasteiger partial charge on any atom is 0.277 e. The molecule has 140 valence electrons.